The van der Waals surface area contributed by atoms with E-state index in [2.05, 4.69) is 17.4 Å². The molecule has 10 heteroatoms. The van der Waals surface area contributed by atoms with Crippen molar-refractivity contribution in [1.29, 1.82) is 0 Å². The van der Waals surface area contributed by atoms with Crippen LogP contribution in [0.15, 0.2) is 42.0 Å². The summed E-state index contributed by atoms with van der Waals surface area (Å²) in [4.78, 5) is 46.2. The highest BCUT2D eigenvalue weighted by atomic mass is 35.5. The van der Waals surface area contributed by atoms with E-state index in [4.69, 9.17) is 32.7 Å². The maximum Gasteiger partial charge on any atom is 0.414 e. The number of alkyl carbamates (subject to hydrolysis) is 2. The van der Waals surface area contributed by atoms with E-state index in [1.165, 1.54) is 5.56 Å². The second-order valence-electron chi connectivity index (χ2n) is 7.97. The second kappa shape index (κ2) is 15.3. The molecule has 1 aromatic rings. The Hall–Kier alpha value is -2.58. The Kier molecular flexibility index (Phi) is 12.5. The Morgan fingerprint density at radius 1 is 0.853 bits per heavy atom. The molecule has 1 aliphatic rings. The number of halogens is 2. The summed E-state index contributed by atoms with van der Waals surface area (Å²) in [7, 11) is 0. The first-order valence-electron chi connectivity index (χ1n) is 11.2. The summed E-state index contributed by atoms with van der Waals surface area (Å²) < 4.78 is 10.5. The van der Waals surface area contributed by atoms with E-state index in [1.807, 2.05) is 29.6 Å². The number of ether oxygens (including phenoxy) is 2. The first kappa shape index (κ1) is 27.7. The SMILES string of the molecule is O=C(CCl)NC(=O)OCC1CCC(OC(=O)NC(=O)CCl)C=C1CCCCCc1ccccc1. The molecular formula is C24H30Cl2N2O6. The number of carbonyl (C=O) groups is 4. The van der Waals surface area contributed by atoms with Crippen LogP contribution in [0, 0.1) is 5.92 Å². The summed E-state index contributed by atoms with van der Waals surface area (Å²) in [6.07, 6.45) is 5.56. The molecule has 0 radical (unpaired) electrons. The fourth-order valence-electron chi connectivity index (χ4n) is 3.73. The van der Waals surface area contributed by atoms with Gasteiger partial charge in [-0.25, -0.2) is 9.59 Å². The van der Waals surface area contributed by atoms with Crippen molar-refractivity contribution in [3.05, 3.63) is 47.5 Å². The quantitative estimate of drug-likeness (QED) is 0.257. The molecule has 2 atom stereocenters. The molecule has 0 aromatic heterocycles. The van der Waals surface area contributed by atoms with Crippen LogP contribution in [0.3, 0.4) is 0 Å². The maximum absolute atomic E-state index is 11.9. The lowest BCUT2D eigenvalue weighted by molar-refractivity contribution is -0.119. The minimum absolute atomic E-state index is 0.0571. The van der Waals surface area contributed by atoms with Crippen LogP contribution in [0.2, 0.25) is 0 Å². The number of benzene rings is 1. The Morgan fingerprint density at radius 3 is 2.18 bits per heavy atom. The first-order valence-corrected chi connectivity index (χ1v) is 12.3. The summed E-state index contributed by atoms with van der Waals surface area (Å²) in [5.74, 6) is -1.99. The smallest absolute Gasteiger partial charge is 0.414 e. The third-order valence-corrected chi connectivity index (χ3v) is 5.88. The van der Waals surface area contributed by atoms with Gasteiger partial charge in [-0.05, 0) is 50.2 Å². The molecule has 2 N–H and O–H groups in total. The van der Waals surface area contributed by atoms with Gasteiger partial charge in [0, 0.05) is 5.92 Å². The van der Waals surface area contributed by atoms with Gasteiger partial charge in [-0.3, -0.25) is 20.2 Å². The molecule has 2 rings (SSSR count). The lowest BCUT2D eigenvalue weighted by atomic mass is 9.84. The minimum Gasteiger partial charge on any atom is -0.449 e. The van der Waals surface area contributed by atoms with Crippen molar-refractivity contribution >= 4 is 47.2 Å². The topological polar surface area (TPSA) is 111 Å². The van der Waals surface area contributed by atoms with Gasteiger partial charge >= 0.3 is 12.2 Å². The number of nitrogens with one attached hydrogen (secondary N) is 2. The number of aryl methyl sites for hydroxylation is 1. The fraction of sp³-hybridized carbons (Fsp3) is 0.500. The van der Waals surface area contributed by atoms with Gasteiger partial charge in [0.2, 0.25) is 11.8 Å². The van der Waals surface area contributed by atoms with Crippen LogP contribution in [0.5, 0.6) is 0 Å². The van der Waals surface area contributed by atoms with Gasteiger partial charge in [-0.15, -0.1) is 23.2 Å². The third-order valence-electron chi connectivity index (χ3n) is 5.40. The number of hydrogen-bond donors (Lipinski definition) is 2. The molecule has 1 aliphatic carbocycles. The van der Waals surface area contributed by atoms with Crippen LogP contribution in [0.1, 0.15) is 44.1 Å². The first-order chi connectivity index (χ1) is 16.4. The second-order valence-corrected chi connectivity index (χ2v) is 8.50. The van der Waals surface area contributed by atoms with Crippen LogP contribution in [0.25, 0.3) is 0 Å². The summed E-state index contributed by atoms with van der Waals surface area (Å²) >= 11 is 10.8. The maximum atomic E-state index is 11.9. The number of carbonyl (C=O) groups excluding carboxylic acids is 4. The van der Waals surface area contributed by atoms with Crippen LogP contribution in [-0.2, 0) is 25.5 Å². The standard InChI is InChI=1S/C24H30Cl2N2O6/c25-14-21(29)27-23(31)33-16-19-11-12-20(34-24(32)28-22(30)15-26)13-18(19)10-6-2-5-9-17-7-3-1-4-8-17/h1,3-4,7-8,13,19-20H,2,5-6,9-12,14-16H2,(H,27,29,31)(H,28,30,32). The normalized spacial score (nSPS) is 17.3. The van der Waals surface area contributed by atoms with Crippen LogP contribution >= 0.6 is 23.2 Å². The monoisotopic (exact) mass is 512 g/mol. The number of imide groups is 2. The highest BCUT2D eigenvalue weighted by molar-refractivity contribution is 6.28. The molecule has 0 spiro atoms. The number of alkyl halides is 2. The number of unbranched alkanes of at least 4 members (excludes halogenated alkanes) is 2. The van der Waals surface area contributed by atoms with Crippen LogP contribution in [0.4, 0.5) is 9.59 Å². The molecular weight excluding hydrogens is 483 g/mol. The average molecular weight is 513 g/mol. The Bertz CT molecular complexity index is 862. The molecule has 0 fully saturated rings. The molecule has 186 valence electrons. The molecule has 4 amide bonds. The van der Waals surface area contributed by atoms with Crippen molar-refractivity contribution in [2.75, 3.05) is 18.4 Å². The molecule has 34 heavy (non-hydrogen) atoms. The van der Waals surface area contributed by atoms with Gasteiger partial charge < -0.3 is 9.47 Å². The van der Waals surface area contributed by atoms with Crippen LogP contribution < -0.4 is 10.6 Å². The van der Waals surface area contributed by atoms with Crippen molar-refractivity contribution in [2.45, 2.75) is 51.0 Å². The van der Waals surface area contributed by atoms with Crippen molar-refractivity contribution in [3.8, 4) is 0 Å². The van der Waals surface area contributed by atoms with Crippen molar-refractivity contribution in [1.82, 2.24) is 10.6 Å². The zero-order valence-electron chi connectivity index (χ0n) is 18.9. The van der Waals surface area contributed by atoms with Gasteiger partial charge in [-0.1, -0.05) is 42.3 Å². The zero-order valence-corrected chi connectivity index (χ0v) is 20.4. The predicted molar refractivity (Wildman–Crippen MR) is 129 cm³/mol. The number of hydrogen-bond acceptors (Lipinski definition) is 6. The van der Waals surface area contributed by atoms with Crippen LogP contribution in [-0.4, -0.2) is 48.5 Å². The third kappa shape index (κ3) is 10.6. The van der Waals surface area contributed by atoms with Gasteiger partial charge in [0.1, 0.15) is 17.9 Å². The summed E-state index contributed by atoms with van der Waals surface area (Å²) in [5, 5.41) is 4.11. The molecule has 0 aliphatic heterocycles. The van der Waals surface area contributed by atoms with E-state index < -0.39 is 30.1 Å². The highest BCUT2D eigenvalue weighted by Crippen LogP contribution is 2.31. The van der Waals surface area contributed by atoms with E-state index in [-0.39, 0.29) is 24.3 Å². The molecule has 0 bridgehead atoms. The molecule has 0 heterocycles. The zero-order chi connectivity index (χ0) is 24.8. The fourth-order valence-corrected chi connectivity index (χ4v) is 3.87. The van der Waals surface area contributed by atoms with E-state index in [9.17, 15) is 19.2 Å². The molecule has 0 saturated carbocycles. The van der Waals surface area contributed by atoms with E-state index in [1.54, 1.807) is 0 Å². The van der Waals surface area contributed by atoms with Crippen molar-refractivity contribution in [2.24, 2.45) is 5.92 Å². The predicted octanol–water partition coefficient (Wildman–Crippen LogP) is 4.48. The lowest BCUT2D eigenvalue weighted by Crippen LogP contribution is -2.36. The number of rotatable bonds is 11. The highest BCUT2D eigenvalue weighted by Gasteiger charge is 2.26. The number of amides is 4. The Morgan fingerprint density at radius 2 is 1.50 bits per heavy atom. The Labute approximate surface area is 209 Å². The van der Waals surface area contributed by atoms with E-state index in [0.29, 0.717) is 12.8 Å². The Balaban J connectivity index is 1.91. The van der Waals surface area contributed by atoms with Gasteiger partial charge in [0.15, 0.2) is 0 Å². The average Bonchev–Trinajstić information content (AvgIpc) is 2.83. The summed E-state index contributed by atoms with van der Waals surface area (Å²) in [6, 6.07) is 10.3. The minimum atomic E-state index is -0.845. The van der Waals surface area contributed by atoms with E-state index in [0.717, 1.165) is 37.7 Å². The van der Waals surface area contributed by atoms with Crippen molar-refractivity contribution in [3.63, 3.8) is 0 Å². The summed E-state index contributed by atoms with van der Waals surface area (Å²) in [6.45, 7) is 0.0981. The molecule has 1 aromatic carbocycles. The largest absolute Gasteiger partial charge is 0.449 e. The van der Waals surface area contributed by atoms with E-state index >= 15 is 0 Å². The molecule has 2 unspecified atom stereocenters. The molecule has 0 saturated heterocycles. The summed E-state index contributed by atoms with van der Waals surface area (Å²) in [5.41, 5.74) is 2.32. The van der Waals surface area contributed by atoms with Crippen molar-refractivity contribution < 1.29 is 28.7 Å². The lowest BCUT2D eigenvalue weighted by Gasteiger charge is -2.28. The van der Waals surface area contributed by atoms with Gasteiger partial charge in [0.25, 0.3) is 0 Å². The molecule has 8 nitrogen and oxygen atoms in total. The van der Waals surface area contributed by atoms with Gasteiger partial charge in [-0.2, -0.15) is 0 Å². The van der Waals surface area contributed by atoms with Gasteiger partial charge in [0.05, 0.1) is 6.61 Å².